The first-order chi connectivity index (χ1) is 8.72. The molecule has 0 amide bonds. The van der Waals surface area contributed by atoms with Gasteiger partial charge in [-0.2, -0.15) is 0 Å². The third-order valence-corrected chi connectivity index (χ3v) is 2.54. The van der Waals surface area contributed by atoms with Crippen molar-refractivity contribution in [2.75, 3.05) is 7.11 Å². The normalized spacial score (nSPS) is 9.89. The second kappa shape index (κ2) is 5.36. The average molecular weight is 242 g/mol. The summed E-state index contributed by atoms with van der Waals surface area (Å²) in [6, 6.07) is 12.8. The summed E-state index contributed by atoms with van der Waals surface area (Å²) in [6.07, 6.45) is 0.777. The van der Waals surface area contributed by atoms with Crippen LogP contribution < -0.4 is 9.47 Å². The van der Waals surface area contributed by atoms with E-state index in [0.717, 1.165) is 17.6 Å². The Hall–Kier alpha value is -2.29. The van der Waals surface area contributed by atoms with Crippen molar-refractivity contribution in [3.05, 3.63) is 53.6 Å². The van der Waals surface area contributed by atoms with E-state index in [4.69, 9.17) is 9.47 Å². The Balaban J connectivity index is 2.31. The summed E-state index contributed by atoms with van der Waals surface area (Å²) in [5, 5.41) is 0. The molecule has 92 valence electrons. The number of methoxy groups -OCH3 is 1. The lowest BCUT2D eigenvalue weighted by molar-refractivity contribution is 0.112. The number of rotatable bonds is 4. The fraction of sp³-hybridized carbons (Fsp3) is 0.133. The minimum atomic E-state index is 0.543. The summed E-state index contributed by atoms with van der Waals surface area (Å²) >= 11 is 0. The molecular weight excluding hydrogens is 228 g/mol. The van der Waals surface area contributed by atoms with Crippen LogP contribution in [0.3, 0.4) is 0 Å². The summed E-state index contributed by atoms with van der Waals surface area (Å²) in [7, 11) is 1.55. The van der Waals surface area contributed by atoms with Gasteiger partial charge in [0.15, 0.2) is 11.5 Å². The molecule has 0 heterocycles. The molecule has 3 nitrogen and oxygen atoms in total. The highest BCUT2D eigenvalue weighted by molar-refractivity contribution is 5.76. The van der Waals surface area contributed by atoms with E-state index in [2.05, 4.69) is 0 Å². The van der Waals surface area contributed by atoms with Crippen molar-refractivity contribution in [2.45, 2.75) is 6.92 Å². The molecule has 0 unspecified atom stereocenters. The van der Waals surface area contributed by atoms with Gasteiger partial charge in [0.25, 0.3) is 0 Å². The Kier molecular flexibility index (Phi) is 3.63. The van der Waals surface area contributed by atoms with Gasteiger partial charge in [0.05, 0.1) is 7.11 Å². The highest BCUT2D eigenvalue weighted by atomic mass is 16.5. The van der Waals surface area contributed by atoms with E-state index in [0.29, 0.717) is 17.1 Å². The van der Waals surface area contributed by atoms with E-state index in [1.165, 1.54) is 0 Å². The molecule has 0 aliphatic rings. The Morgan fingerprint density at radius 3 is 2.56 bits per heavy atom. The molecule has 2 aromatic rings. The Labute approximate surface area is 106 Å². The van der Waals surface area contributed by atoms with Crippen molar-refractivity contribution in [1.29, 1.82) is 0 Å². The number of benzene rings is 2. The van der Waals surface area contributed by atoms with Crippen LogP contribution in [-0.4, -0.2) is 13.4 Å². The maximum absolute atomic E-state index is 10.7. The lowest BCUT2D eigenvalue weighted by Gasteiger charge is -2.11. The molecule has 0 spiro atoms. The van der Waals surface area contributed by atoms with Gasteiger partial charge in [-0.3, -0.25) is 4.79 Å². The zero-order valence-electron chi connectivity index (χ0n) is 10.3. The summed E-state index contributed by atoms with van der Waals surface area (Å²) in [6.45, 7) is 2.00. The monoisotopic (exact) mass is 242 g/mol. The van der Waals surface area contributed by atoms with Gasteiger partial charge in [-0.1, -0.05) is 12.1 Å². The largest absolute Gasteiger partial charge is 0.493 e. The number of carbonyl (C=O) groups excluding carboxylic acids is 1. The molecule has 18 heavy (non-hydrogen) atoms. The lowest BCUT2D eigenvalue weighted by atomic mass is 10.2. The van der Waals surface area contributed by atoms with Crippen molar-refractivity contribution < 1.29 is 14.3 Å². The molecular formula is C15H14O3. The van der Waals surface area contributed by atoms with E-state index >= 15 is 0 Å². The van der Waals surface area contributed by atoms with Crippen molar-refractivity contribution in [2.24, 2.45) is 0 Å². The zero-order chi connectivity index (χ0) is 13.0. The third-order valence-electron chi connectivity index (χ3n) is 2.54. The van der Waals surface area contributed by atoms with Crippen LogP contribution in [0, 0.1) is 6.92 Å². The van der Waals surface area contributed by atoms with Gasteiger partial charge in [0.1, 0.15) is 12.0 Å². The highest BCUT2D eigenvalue weighted by Crippen LogP contribution is 2.32. The van der Waals surface area contributed by atoms with Gasteiger partial charge < -0.3 is 9.47 Å². The topological polar surface area (TPSA) is 35.5 Å². The quantitative estimate of drug-likeness (QED) is 0.768. The Bertz CT molecular complexity index is 561. The van der Waals surface area contributed by atoms with E-state index in [1.54, 1.807) is 25.3 Å². The maximum Gasteiger partial charge on any atom is 0.169 e. The van der Waals surface area contributed by atoms with Crippen LogP contribution in [0.15, 0.2) is 42.5 Å². The Morgan fingerprint density at radius 1 is 1.06 bits per heavy atom. The molecule has 0 N–H and O–H groups in total. The smallest absolute Gasteiger partial charge is 0.169 e. The van der Waals surface area contributed by atoms with Crippen molar-refractivity contribution in [3.8, 4) is 17.2 Å². The maximum atomic E-state index is 10.7. The minimum absolute atomic E-state index is 0.543. The predicted octanol–water partition coefficient (Wildman–Crippen LogP) is 3.61. The van der Waals surface area contributed by atoms with E-state index in [-0.39, 0.29) is 0 Å². The van der Waals surface area contributed by atoms with Crippen LogP contribution >= 0.6 is 0 Å². The molecule has 2 rings (SSSR count). The lowest BCUT2D eigenvalue weighted by Crippen LogP contribution is -1.92. The first kappa shape index (κ1) is 12.2. The van der Waals surface area contributed by atoms with Crippen LogP contribution in [0.5, 0.6) is 17.2 Å². The molecule has 0 radical (unpaired) electrons. The molecule has 0 bridgehead atoms. The van der Waals surface area contributed by atoms with E-state index in [9.17, 15) is 4.79 Å². The number of aryl methyl sites for hydroxylation is 1. The molecule has 2 aromatic carbocycles. The molecule has 0 aromatic heterocycles. The molecule has 0 saturated heterocycles. The number of ether oxygens (including phenoxy) is 2. The Morgan fingerprint density at radius 2 is 1.89 bits per heavy atom. The zero-order valence-corrected chi connectivity index (χ0v) is 10.3. The van der Waals surface area contributed by atoms with Gasteiger partial charge in [-0.15, -0.1) is 0 Å². The van der Waals surface area contributed by atoms with Crippen molar-refractivity contribution in [3.63, 3.8) is 0 Å². The molecule has 0 aliphatic heterocycles. The summed E-state index contributed by atoms with van der Waals surface area (Å²) in [5.74, 6) is 1.88. The van der Waals surface area contributed by atoms with Gasteiger partial charge in [0.2, 0.25) is 0 Å². The van der Waals surface area contributed by atoms with Crippen molar-refractivity contribution >= 4 is 6.29 Å². The van der Waals surface area contributed by atoms with Crippen LogP contribution in [0.2, 0.25) is 0 Å². The number of hydrogen-bond acceptors (Lipinski definition) is 3. The summed E-state index contributed by atoms with van der Waals surface area (Å²) < 4.78 is 10.9. The van der Waals surface area contributed by atoms with Gasteiger partial charge in [-0.25, -0.2) is 0 Å². The number of hydrogen-bond donors (Lipinski definition) is 0. The SMILES string of the molecule is COc1cc(C=O)ccc1Oc1cccc(C)c1. The van der Waals surface area contributed by atoms with Crippen LogP contribution in [0.1, 0.15) is 15.9 Å². The minimum Gasteiger partial charge on any atom is -0.493 e. The summed E-state index contributed by atoms with van der Waals surface area (Å²) in [4.78, 5) is 10.7. The second-order valence-electron chi connectivity index (χ2n) is 3.95. The highest BCUT2D eigenvalue weighted by Gasteiger charge is 2.06. The van der Waals surface area contributed by atoms with Crippen LogP contribution in [-0.2, 0) is 0 Å². The number of carbonyl (C=O) groups is 1. The molecule has 0 fully saturated rings. The van der Waals surface area contributed by atoms with Crippen LogP contribution in [0.25, 0.3) is 0 Å². The van der Waals surface area contributed by atoms with E-state index in [1.807, 2.05) is 31.2 Å². The second-order valence-corrected chi connectivity index (χ2v) is 3.95. The van der Waals surface area contributed by atoms with Gasteiger partial charge in [0, 0.05) is 5.56 Å². The van der Waals surface area contributed by atoms with Gasteiger partial charge >= 0.3 is 0 Å². The van der Waals surface area contributed by atoms with Gasteiger partial charge in [-0.05, 0) is 42.8 Å². The molecule has 0 saturated carbocycles. The molecule has 3 heteroatoms. The van der Waals surface area contributed by atoms with Crippen LogP contribution in [0.4, 0.5) is 0 Å². The first-order valence-electron chi connectivity index (χ1n) is 5.60. The van der Waals surface area contributed by atoms with Crippen molar-refractivity contribution in [1.82, 2.24) is 0 Å². The molecule has 0 aliphatic carbocycles. The number of aldehydes is 1. The van der Waals surface area contributed by atoms with E-state index < -0.39 is 0 Å². The standard InChI is InChI=1S/C15H14O3/c1-11-4-3-5-13(8-11)18-14-7-6-12(10-16)9-15(14)17-2/h3-10H,1-2H3. The predicted molar refractivity (Wildman–Crippen MR) is 69.6 cm³/mol. The summed E-state index contributed by atoms with van der Waals surface area (Å²) in [5.41, 5.74) is 1.68. The fourth-order valence-corrected chi connectivity index (χ4v) is 1.65. The molecule has 0 atom stereocenters. The average Bonchev–Trinajstić information content (AvgIpc) is 2.39. The first-order valence-corrected chi connectivity index (χ1v) is 5.60. The third kappa shape index (κ3) is 2.69. The fourth-order valence-electron chi connectivity index (χ4n) is 1.65.